The number of likely N-dealkylation sites (tertiary alicyclic amines) is 1. The summed E-state index contributed by atoms with van der Waals surface area (Å²) in [6.45, 7) is 5.97. The highest BCUT2D eigenvalue weighted by Gasteiger charge is 2.46. The highest BCUT2D eigenvalue weighted by atomic mass is 16.5. The molecule has 2 fully saturated rings. The molecule has 2 heterocycles. The first-order valence-electron chi connectivity index (χ1n) is 7.51. The van der Waals surface area contributed by atoms with Crippen LogP contribution in [0.3, 0.4) is 0 Å². The monoisotopic (exact) mass is 287 g/mol. The molecule has 5 heteroatoms. The fraction of sp³-hybridized carbons (Fsp3) is 0.562. The van der Waals surface area contributed by atoms with Crippen LogP contribution < -0.4 is 0 Å². The van der Waals surface area contributed by atoms with Crippen molar-refractivity contribution in [3.05, 3.63) is 36.7 Å². The van der Waals surface area contributed by atoms with Crippen LogP contribution >= 0.6 is 0 Å². The van der Waals surface area contributed by atoms with E-state index in [1.165, 1.54) is 6.20 Å². The number of nitrogens with zero attached hydrogens (tertiary/aromatic N) is 3. The summed E-state index contributed by atoms with van der Waals surface area (Å²) in [5.41, 5.74) is 1.03. The quantitative estimate of drug-likeness (QED) is 0.795. The SMILES string of the molecule is C=CCOC1CC2(CCN(C(=O)c3ccnnc3)CC2)C1. The maximum absolute atomic E-state index is 12.3. The Balaban J connectivity index is 1.50. The molecule has 21 heavy (non-hydrogen) atoms. The summed E-state index contributed by atoms with van der Waals surface area (Å²) in [6.07, 6.45) is 9.68. The Labute approximate surface area is 125 Å². The summed E-state index contributed by atoms with van der Waals surface area (Å²) in [7, 11) is 0. The van der Waals surface area contributed by atoms with Gasteiger partial charge in [-0.1, -0.05) is 6.08 Å². The van der Waals surface area contributed by atoms with Gasteiger partial charge in [-0.3, -0.25) is 4.79 Å². The van der Waals surface area contributed by atoms with Gasteiger partial charge < -0.3 is 9.64 Å². The third-order valence-electron chi connectivity index (χ3n) is 4.71. The molecule has 5 nitrogen and oxygen atoms in total. The molecule has 1 spiro atoms. The van der Waals surface area contributed by atoms with Crippen LogP contribution in [0, 0.1) is 5.41 Å². The number of aromatic nitrogens is 2. The van der Waals surface area contributed by atoms with Crippen molar-refractivity contribution in [3.63, 3.8) is 0 Å². The van der Waals surface area contributed by atoms with Crippen LogP contribution in [0.15, 0.2) is 31.1 Å². The number of piperidine rings is 1. The molecule has 0 atom stereocenters. The van der Waals surface area contributed by atoms with Crippen LogP contribution in [0.1, 0.15) is 36.0 Å². The minimum Gasteiger partial charge on any atom is -0.374 e. The molecule has 0 aromatic carbocycles. The second kappa shape index (κ2) is 5.93. The highest BCUT2D eigenvalue weighted by molar-refractivity contribution is 5.93. The molecule has 3 rings (SSSR count). The molecule has 1 saturated heterocycles. The molecule has 1 aliphatic carbocycles. The summed E-state index contributed by atoms with van der Waals surface area (Å²) in [6, 6.07) is 1.72. The predicted octanol–water partition coefficient (Wildman–Crippen LogP) is 2.06. The fourth-order valence-corrected chi connectivity index (χ4v) is 3.42. The highest BCUT2D eigenvalue weighted by Crippen LogP contribution is 2.50. The molecule has 1 aromatic rings. The predicted molar refractivity (Wildman–Crippen MR) is 78.8 cm³/mol. The van der Waals surface area contributed by atoms with Crippen molar-refractivity contribution >= 4 is 5.91 Å². The average Bonchev–Trinajstić information content (AvgIpc) is 2.51. The lowest BCUT2D eigenvalue weighted by Gasteiger charge is -2.51. The second-order valence-electron chi connectivity index (χ2n) is 6.08. The summed E-state index contributed by atoms with van der Waals surface area (Å²) in [5, 5.41) is 7.48. The molecule has 0 unspecified atom stereocenters. The van der Waals surface area contributed by atoms with Crippen molar-refractivity contribution in [3.8, 4) is 0 Å². The van der Waals surface area contributed by atoms with E-state index in [1.807, 2.05) is 4.90 Å². The first kappa shape index (κ1) is 14.2. The largest absolute Gasteiger partial charge is 0.374 e. The van der Waals surface area contributed by atoms with Crippen LogP contribution in [-0.4, -0.2) is 46.8 Å². The van der Waals surface area contributed by atoms with Gasteiger partial charge in [-0.25, -0.2) is 0 Å². The number of amides is 1. The first-order valence-corrected chi connectivity index (χ1v) is 7.51. The smallest absolute Gasteiger partial charge is 0.255 e. The minimum atomic E-state index is 0.0681. The molecule has 0 N–H and O–H groups in total. The third-order valence-corrected chi connectivity index (χ3v) is 4.71. The lowest BCUT2D eigenvalue weighted by atomic mass is 9.61. The van der Waals surface area contributed by atoms with E-state index >= 15 is 0 Å². The van der Waals surface area contributed by atoms with Crippen molar-refractivity contribution in [2.45, 2.75) is 31.8 Å². The van der Waals surface area contributed by atoms with Crippen molar-refractivity contribution in [2.75, 3.05) is 19.7 Å². The summed E-state index contributed by atoms with van der Waals surface area (Å²) in [4.78, 5) is 14.3. The standard InChI is InChI=1S/C16H21N3O2/c1-2-9-21-14-10-16(11-14)4-7-19(8-5-16)15(20)13-3-6-17-18-12-13/h2-3,6,12,14H,1,4-5,7-11H2. The molecule has 1 amide bonds. The molecule has 1 saturated carbocycles. The van der Waals surface area contributed by atoms with Crippen LogP contribution in [0.4, 0.5) is 0 Å². The minimum absolute atomic E-state index is 0.0681. The molecule has 1 aliphatic heterocycles. The molecular formula is C16H21N3O2. The lowest BCUT2D eigenvalue weighted by molar-refractivity contribution is -0.0940. The summed E-state index contributed by atoms with van der Waals surface area (Å²) in [5.74, 6) is 0.0681. The van der Waals surface area contributed by atoms with Gasteiger partial charge in [-0.2, -0.15) is 10.2 Å². The molecule has 1 aromatic heterocycles. The van der Waals surface area contributed by atoms with Crippen molar-refractivity contribution in [1.82, 2.24) is 15.1 Å². The van der Waals surface area contributed by atoms with Gasteiger partial charge in [-0.15, -0.1) is 6.58 Å². The Morgan fingerprint density at radius 2 is 2.19 bits per heavy atom. The summed E-state index contributed by atoms with van der Waals surface area (Å²) >= 11 is 0. The van der Waals surface area contributed by atoms with Crippen molar-refractivity contribution in [2.24, 2.45) is 5.41 Å². The zero-order chi connectivity index (χ0) is 14.7. The van der Waals surface area contributed by atoms with E-state index in [2.05, 4.69) is 16.8 Å². The summed E-state index contributed by atoms with van der Waals surface area (Å²) < 4.78 is 5.68. The van der Waals surface area contributed by atoms with E-state index in [0.717, 1.165) is 38.8 Å². The second-order valence-corrected chi connectivity index (χ2v) is 6.08. The van der Waals surface area contributed by atoms with Crippen LogP contribution in [0.2, 0.25) is 0 Å². The Hall–Kier alpha value is -1.75. The van der Waals surface area contributed by atoms with E-state index in [0.29, 0.717) is 23.7 Å². The first-order chi connectivity index (χ1) is 10.2. The van der Waals surface area contributed by atoms with Crippen LogP contribution in [-0.2, 0) is 4.74 Å². The number of hydrogen-bond donors (Lipinski definition) is 0. The number of rotatable bonds is 4. The van der Waals surface area contributed by atoms with Gasteiger partial charge in [0.25, 0.3) is 5.91 Å². The van der Waals surface area contributed by atoms with E-state index in [4.69, 9.17) is 4.74 Å². The zero-order valence-electron chi connectivity index (χ0n) is 12.2. The van der Waals surface area contributed by atoms with Crippen molar-refractivity contribution < 1.29 is 9.53 Å². The number of carbonyl (C=O) groups excluding carboxylic acids is 1. The number of ether oxygens (including phenoxy) is 1. The van der Waals surface area contributed by atoms with Crippen LogP contribution in [0.5, 0.6) is 0 Å². The maximum Gasteiger partial charge on any atom is 0.255 e. The Kier molecular flexibility index (Phi) is 4.01. The maximum atomic E-state index is 12.3. The van der Waals surface area contributed by atoms with Gasteiger partial charge in [0.15, 0.2) is 0 Å². The molecule has 112 valence electrons. The Morgan fingerprint density at radius 1 is 1.43 bits per heavy atom. The Morgan fingerprint density at radius 3 is 2.81 bits per heavy atom. The normalized spacial score (nSPS) is 21.0. The molecule has 2 aliphatic rings. The zero-order valence-corrected chi connectivity index (χ0v) is 12.2. The van der Waals surface area contributed by atoms with Crippen LogP contribution in [0.25, 0.3) is 0 Å². The molecule has 0 radical (unpaired) electrons. The van der Waals surface area contributed by atoms with E-state index in [-0.39, 0.29) is 5.91 Å². The number of hydrogen-bond acceptors (Lipinski definition) is 4. The van der Waals surface area contributed by atoms with Crippen molar-refractivity contribution in [1.29, 1.82) is 0 Å². The Bertz CT molecular complexity index is 502. The van der Waals surface area contributed by atoms with E-state index in [1.54, 1.807) is 18.3 Å². The molecular weight excluding hydrogens is 266 g/mol. The fourth-order valence-electron chi connectivity index (χ4n) is 3.42. The van der Waals surface area contributed by atoms with E-state index in [9.17, 15) is 4.79 Å². The van der Waals surface area contributed by atoms with Gasteiger partial charge in [0.2, 0.25) is 0 Å². The lowest BCUT2D eigenvalue weighted by Crippen LogP contribution is -2.51. The van der Waals surface area contributed by atoms with Gasteiger partial charge in [-0.05, 0) is 37.2 Å². The van der Waals surface area contributed by atoms with Gasteiger partial charge in [0, 0.05) is 13.1 Å². The third kappa shape index (κ3) is 2.97. The van der Waals surface area contributed by atoms with E-state index < -0.39 is 0 Å². The average molecular weight is 287 g/mol. The van der Waals surface area contributed by atoms with Gasteiger partial charge >= 0.3 is 0 Å². The topological polar surface area (TPSA) is 55.3 Å². The van der Waals surface area contributed by atoms with Gasteiger partial charge in [0.05, 0.1) is 30.7 Å². The number of carbonyl (C=O) groups is 1. The molecule has 0 bridgehead atoms. The van der Waals surface area contributed by atoms with Gasteiger partial charge in [0.1, 0.15) is 0 Å².